The zero-order chi connectivity index (χ0) is 15.5. The number of anilines is 1. The topological polar surface area (TPSA) is 42.0 Å². The summed E-state index contributed by atoms with van der Waals surface area (Å²) in [6.07, 6.45) is 1.73. The summed E-state index contributed by atoms with van der Waals surface area (Å²) in [4.78, 5) is 4.67. The quantitative estimate of drug-likeness (QED) is 0.907. The van der Waals surface area contributed by atoms with Crippen LogP contribution in [0.4, 0.5) is 5.69 Å². The van der Waals surface area contributed by atoms with Gasteiger partial charge < -0.3 is 5.32 Å². The standard InChI is InChI=1S/C16H22N2OS2/c1-16(2,3)15-18-14(10-20-15)9-17-13-7-5-6-12(8-13)11-21(4)19/h5-8,10,17H,9,11H2,1-4H3. The molecular formula is C16H22N2OS2. The van der Waals surface area contributed by atoms with Crippen molar-refractivity contribution >= 4 is 27.8 Å². The fourth-order valence-corrected chi connectivity index (χ4v) is 3.49. The predicted octanol–water partition coefficient (Wildman–Crippen LogP) is 3.93. The van der Waals surface area contributed by atoms with Gasteiger partial charge >= 0.3 is 0 Å². The van der Waals surface area contributed by atoms with Crippen molar-refractivity contribution in [2.75, 3.05) is 11.6 Å². The zero-order valence-electron chi connectivity index (χ0n) is 13.0. The van der Waals surface area contributed by atoms with E-state index < -0.39 is 10.8 Å². The molecule has 114 valence electrons. The third-order valence-corrected chi connectivity index (χ3v) is 5.02. The number of aromatic nitrogens is 1. The summed E-state index contributed by atoms with van der Waals surface area (Å²) in [6, 6.07) is 8.08. The van der Waals surface area contributed by atoms with Gasteiger partial charge in [0.15, 0.2) is 0 Å². The molecule has 0 amide bonds. The van der Waals surface area contributed by atoms with Gasteiger partial charge in [0.25, 0.3) is 0 Å². The molecule has 0 spiro atoms. The van der Waals surface area contributed by atoms with Crippen LogP contribution < -0.4 is 5.32 Å². The Kier molecular flexibility index (Phi) is 5.17. The SMILES string of the molecule is CS(=O)Cc1cccc(NCc2csc(C(C)(C)C)n2)c1. The maximum Gasteiger partial charge on any atom is 0.0982 e. The van der Waals surface area contributed by atoms with Gasteiger partial charge in [-0.25, -0.2) is 4.98 Å². The summed E-state index contributed by atoms with van der Waals surface area (Å²) in [6.45, 7) is 7.25. The maximum atomic E-state index is 11.3. The van der Waals surface area contributed by atoms with Gasteiger partial charge in [0.05, 0.1) is 17.2 Å². The van der Waals surface area contributed by atoms with Crippen molar-refractivity contribution in [3.05, 3.63) is 45.9 Å². The second kappa shape index (κ2) is 6.71. The highest BCUT2D eigenvalue weighted by molar-refractivity contribution is 7.83. The molecule has 1 heterocycles. The highest BCUT2D eigenvalue weighted by atomic mass is 32.2. The molecule has 0 bridgehead atoms. The van der Waals surface area contributed by atoms with E-state index in [-0.39, 0.29) is 5.41 Å². The van der Waals surface area contributed by atoms with E-state index in [0.29, 0.717) is 12.3 Å². The van der Waals surface area contributed by atoms with E-state index in [1.54, 1.807) is 17.6 Å². The summed E-state index contributed by atoms with van der Waals surface area (Å²) in [5.41, 5.74) is 3.31. The summed E-state index contributed by atoms with van der Waals surface area (Å²) >= 11 is 1.71. The predicted molar refractivity (Wildman–Crippen MR) is 92.4 cm³/mol. The Balaban J connectivity index is 2.00. The monoisotopic (exact) mass is 322 g/mol. The maximum absolute atomic E-state index is 11.3. The molecule has 0 aliphatic rings. The van der Waals surface area contributed by atoms with Crippen LogP contribution >= 0.6 is 11.3 Å². The van der Waals surface area contributed by atoms with Crippen molar-refractivity contribution in [2.24, 2.45) is 0 Å². The van der Waals surface area contributed by atoms with Gasteiger partial charge in [0.1, 0.15) is 0 Å². The van der Waals surface area contributed by atoms with E-state index >= 15 is 0 Å². The molecule has 1 atom stereocenters. The Morgan fingerprint density at radius 1 is 1.33 bits per heavy atom. The highest BCUT2D eigenvalue weighted by Gasteiger charge is 2.17. The van der Waals surface area contributed by atoms with Crippen LogP contribution in [0.1, 0.15) is 37.0 Å². The first kappa shape index (κ1) is 16.2. The molecule has 2 aromatic rings. The lowest BCUT2D eigenvalue weighted by molar-refractivity contribution is 0.583. The fourth-order valence-electron chi connectivity index (χ4n) is 1.93. The average molecular weight is 322 g/mol. The van der Waals surface area contributed by atoms with E-state index in [1.807, 2.05) is 18.2 Å². The van der Waals surface area contributed by atoms with Gasteiger partial charge in [-0.05, 0) is 17.7 Å². The second-order valence-corrected chi connectivity index (χ2v) is 8.46. The van der Waals surface area contributed by atoms with E-state index in [2.05, 4.69) is 42.5 Å². The van der Waals surface area contributed by atoms with Gasteiger partial charge in [-0.1, -0.05) is 32.9 Å². The number of nitrogens with zero attached hydrogens (tertiary/aromatic N) is 1. The van der Waals surface area contributed by atoms with Crippen LogP contribution in [0.15, 0.2) is 29.6 Å². The van der Waals surface area contributed by atoms with Crippen LogP contribution in [0.5, 0.6) is 0 Å². The Labute approximate surface area is 133 Å². The smallest absolute Gasteiger partial charge is 0.0982 e. The van der Waals surface area contributed by atoms with Crippen LogP contribution in [0.2, 0.25) is 0 Å². The van der Waals surface area contributed by atoms with Crippen molar-refractivity contribution < 1.29 is 4.21 Å². The van der Waals surface area contributed by atoms with Gasteiger partial charge in [-0.2, -0.15) is 0 Å². The first-order valence-electron chi connectivity index (χ1n) is 6.92. The van der Waals surface area contributed by atoms with Crippen molar-refractivity contribution in [3.63, 3.8) is 0 Å². The molecule has 2 rings (SSSR count). The molecule has 5 heteroatoms. The molecule has 0 aliphatic carbocycles. The molecule has 1 aromatic heterocycles. The van der Waals surface area contributed by atoms with Crippen molar-refractivity contribution in [2.45, 2.75) is 38.5 Å². The molecule has 0 saturated carbocycles. The van der Waals surface area contributed by atoms with Gasteiger partial charge in [-0.15, -0.1) is 11.3 Å². The van der Waals surface area contributed by atoms with Crippen molar-refractivity contribution in [3.8, 4) is 0 Å². The number of rotatable bonds is 5. The highest BCUT2D eigenvalue weighted by Crippen LogP contribution is 2.25. The van der Waals surface area contributed by atoms with Gasteiger partial charge in [0, 0.05) is 39.3 Å². The first-order valence-corrected chi connectivity index (χ1v) is 9.53. The molecule has 0 saturated heterocycles. The average Bonchev–Trinajstić information content (AvgIpc) is 2.84. The van der Waals surface area contributed by atoms with Crippen LogP contribution in [0.3, 0.4) is 0 Å². The van der Waals surface area contributed by atoms with Crippen molar-refractivity contribution in [1.82, 2.24) is 4.98 Å². The van der Waals surface area contributed by atoms with Crippen LogP contribution in [0.25, 0.3) is 0 Å². The Bertz CT molecular complexity index is 629. The zero-order valence-corrected chi connectivity index (χ0v) is 14.6. The van der Waals surface area contributed by atoms with Crippen LogP contribution in [-0.2, 0) is 28.5 Å². The van der Waals surface area contributed by atoms with E-state index in [0.717, 1.165) is 22.0 Å². The summed E-state index contributed by atoms with van der Waals surface area (Å²) in [7, 11) is -0.810. The number of hydrogen-bond acceptors (Lipinski definition) is 4. The lowest BCUT2D eigenvalue weighted by Crippen LogP contribution is -2.11. The number of benzene rings is 1. The number of hydrogen-bond donors (Lipinski definition) is 1. The molecule has 21 heavy (non-hydrogen) atoms. The fraction of sp³-hybridized carbons (Fsp3) is 0.438. The number of nitrogens with one attached hydrogen (secondary N) is 1. The molecule has 0 aliphatic heterocycles. The van der Waals surface area contributed by atoms with E-state index in [1.165, 1.54) is 0 Å². The minimum Gasteiger partial charge on any atom is -0.379 e. The van der Waals surface area contributed by atoms with E-state index in [9.17, 15) is 4.21 Å². The first-order chi connectivity index (χ1) is 9.84. The second-order valence-electron chi connectivity index (χ2n) is 6.17. The Morgan fingerprint density at radius 3 is 2.71 bits per heavy atom. The largest absolute Gasteiger partial charge is 0.379 e. The van der Waals surface area contributed by atoms with Crippen LogP contribution in [-0.4, -0.2) is 15.4 Å². The molecule has 1 N–H and O–H groups in total. The van der Waals surface area contributed by atoms with Gasteiger partial charge in [0.2, 0.25) is 0 Å². The lowest BCUT2D eigenvalue weighted by atomic mass is 9.98. The molecule has 3 nitrogen and oxygen atoms in total. The molecule has 1 unspecified atom stereocenters. The molecule has 1 aromatic carbocycles. The minimum absolute atomic E-state index is 0.105. The summed E-state index contributed by atoms with van der Waals surface area (Å²) in [5.74, 6) is 0.598. The van der Waals surface area contributed by atoms with Crippen molar-refractivity contribution in [1.29, 1.82) is 0 Å². The molecule has 0 fully saturated rings. The Morgan fingerprint density at radius 2 is 2.10 bits per heavy atom. The molecular weight excluding hydrogens is 300 g/mol. The third-order valence-electron chi connectivity index (χ3n) is 2.96. The summed E-state index contributed by atoms with van der Waals surface area (Å²) < 4.78 is 11.3. The normalized spacial score (nSPS) is 13.1. The minimum atomic E-state index is -0.810. The lowest BCUT2D eigenvalue weighted by Gasteiger charge is -2.13. The van der Waals surface area contributed by atoms with Gasteiger partial charge in [-0.3, -0.25) is 4.21 Å². The molecule has 0 radical (unpaired) electrons. The Hall–Kier alpha value is -1.20. The number of thiazole rings is 1. The summed E-state index contributed by atoms with van der Waals surface area (Å²) in [5, 5.41) is 6.66. The van der Waals surface area contributed by atoms with E-state index in [4.69, 9.17) is 0 Å². The van der Waals surface area contributed by atoms with Crippen LogP contribution in [0, 0.1) is 0 Å². The third kappa shape index (κ3) is 4.93.